The normalized spacial score (nSPS) is 11.8. The Balaban J connectivity index is 2.47. The first-order valence-electron chi connectivity index (χ1n) is 5.82. The summed E-state index contributed by atoms with van der Waals surface area (Å²) in [6, 6.07) is 0.490. The molecule has 0 atom stereocenters. The Labute approximate surface area is 102 Å². The molecule has 0 bridgehead atoms. The minimum atomic E-state index is 0.0252. The second-order valence-corrected chi connectivity index (χ2v) is 5.08. The lowest BCUT2D eigenvalue weighted by Gasteiger charge is -2.18. The summed E-state index contributed by atoms with van der Waals surface area (Å²) in [5, 5.41) is 19.9. The molecule has 0 unspecified atom stereocenters. The molecular formula is C11H22N4O2. The van der Waals surface area contributed by atoms with Crippen LogP contribution in [0.25, 0.3) is 0 Å². The number of nitrogens with one attached hydrogen (secondary N) is 1. The van der Waals surface area contributed by atoms with E-state index in [4.69, 9.17) is 9.52 Å². The zero-order valence-corrected chi connectivity index (χ0v) is 11.0. The number of hydrogen-bond donors (Lipinski definition) is 2. The molecule has 1 rings (SSSR count). The maximum atomic E-state index is 8.74. The van der Waals surface area contributed by atoms with Crippen LogP contribution in [0.4, 0.5) is 6.01 Å². The van der Waals surface area contributed by atoms with Crippen molar-refractivity contribution in [2.45, 2.75) is 39.3 Å². The van der Waals surface area contributed by atoms with Crippen LogP contribution in [0, 0.1) is 0 Å². The summed E-state index contributed by atoms with van der Waals surface area (Å²) >= 11 is 0. The summed E-state index contributed by atoms with van der Waals surface area (Å²) in [4.78, 5) is 1.84. The van der Waals surface area contributed by atoms with Crippen LogP contribution in [0.5, 0.6) is 0 Å². The van der Waals surface area contributed by atoms with Gasteiger partial charge < -0.3 is 19.7 Å². The highest BCUT2D eigenvalue weighted by Gasteiger charge is 2.13. The lowest BCUT2D eigenvalue weighted by atomic mass is 10.1. The topological polar surface area (TPSA) is 74.4 Å². The van der Waals surface area contributed by atoms with Crippen molar-refractivity contribution in [1.29, 1.82) is 0 Å². The van der Waals surface area contributed by atoms with Crippen molar-refractivity contribution in [2.24, 2.45) is 0 Å². The zero-order valence-electron chi connectivity index (χ0n) is 11.0. The largest absolute Gasteiger partial charge is 0.407 e. The molecule has 1 aromatic rings. The zero-order chi connectivity index (χ0) is 12.9. The second kappa shape index (κ2) is 5.97. The lowest BCUT2D eigenvalue weighted by molar-refractivity contribution is 0.289. The molecule has 0 amide bonds. The van der Waals surface area contributed by atoms with Gasteiger partial charge in [-0.3, -0.25) is 0 Å². The van der Waals surface area contributed by atoms with E-state index in [-0.39, 0.29) is 12.1 Å². The van der Waals surface area contributed by atoms with Crippen LogP contribution in [-0.2, 0) is 6.54 Å². The minimum absolute atomic E-state index is 0.0252. The summed E-state index contributed by atoms with van der Waals surface area (Å²) in [5.41, 5.74) is 0.0252. The molecule has 0 saturated heterocycles. The third-order valence-corrected chi connectivity index (χ3v) is 2.20. The highest BCUT2D eigenvalue weighted by atomic mass is 16.4. The maximum Gasteiger partial charge on any atom is 0.317 e. The Morgan fingerprint density at radius 2 is 2.06 bits per heavy atom. The van der Waals surface area contributed by atoms with Gasteiger partial charge in [0.2, 0.25) is 5.89 Å². The van der Waals surface area contributed by atoms with Crippen LogP contribution in [0.1, 0.15) is 33.1 Å². The molecule has 98 valence electrons. The van der Waals surface area contributed by atoms with E-state index >= 15 is 0 Å². The molecule has 0 spiro atoms. The number of nitrogens with zero attached hydrogens (tertiary/aromatic N) is 3. The molecule has 1 aromatic heterocycles. The fourth-order valence-electron chi connectivity index (χ4n) is 1.21. The molecule has 0 radical (unpaired) electrons. The first-order chi connectivity index (χ1) is 7.92. The fourth-order valence-corrected chi connectivity index (χ4v) is 1.21. The van der Waals surface area contributed by atoms with E-state index in [9.17, 15) is 0 Å². The van der Waals surface area contributed by atoms with Crippen molar-refractivity contribution in [3.8, 4) is 0 Å². The van der Waals surface area contributed by atoms with Crippen molar-refractivity contribution in [3.05, 3.63) is 5.89 Å². The molecular weight excluding hydrogens is 220 g/mol. The van der Waals surface area contributed by atoms with Gasteiger partial charge in [-0.05, 0) is 27.2 Å². The smallest absolute Gasteiger partial charge is 0.317 e. The molecule has 2 N–H and O–H groups in total. The maximum absolute atomic E-state index is 8.74. The quantitative estimate of drug-likeness (QED) is 0.767. The van der Waals surface area contributed by atoms with Crippen LogP contribution < -0.4 is 10.2 Å². The van der Waals surface area contributed by atoms with Crippen molar-refractivity contribution < 1.29 is 9.52 Å². The number of aliphatic hydroxyl groups is 1. The van der Waals surface area contributed by atoms with E-state index in [1.54, 1.807) is 0 Å². The van der Waals surface area contributed by atoms with E-state index in [0.717, 1.165) is 0 Å². The highest BCUT2D eigenvalue weighted by molar-refractivity contribution is 5.21. The molecule has 0 aliphatic rings. The monoisotopic (exact) mass is 242 g/mol. The van der Waals surface area contributed by atoms with E-state index in [2.05, 4.69) is 36.3 Å². The van der Waals surface area contributed by atoms with Gasteiger partial charge in [0.15, 0.2) is 0 Å². The Morgan fingerprint density at radius 1 is 1.35 bits per heavy atom. The van der Waals surface area contributed by atoms with Crippen LogP contribution in [0.3, 0.4) is 0 Å². The molecule has 0 aromatic carbocycles. The number of aliphatic hydroxyl groups excluding tert-OH is 1. The summed E-state index contributed by atoms with van der Waals surface area (Å²) in [6.07, 6.45) is 0.689. The van der Waals surface area contributed by atoms with Crippen molar-refractivity contribution in [2.75, 3.05) is 25.1 Å². The molecule has 0 aliphatic heterocycles. The van der Waals surface area contributed by atoms with Gasteiger partial charge in [-0.2, -0.15) is 0 Å². The van der Waals surface area contributed by atoms with Crippen LogP contribution in [0.15, 0.2) is 4.42 Å². The predicted molar refractivity (Wildman–Crippen MR) is 65.9 cm³/mol. The van der Waals surface area contributed by atoms with E-state index in [1.807, 2.05) is 11.9 Å². The molecule has 0 aliphatic carbocycles. The molecule has 6 heteroatoms. The molecule has 0 saturated carbocycles. The summed E-state index contributed by atoms with van der Waals surface area (Å²) in [6.45, 7) is 7.67. The number of hydrogen-bond acceptors (Lipinski definition) is 6. The second-order valence-electron chi connectivity index (χ2n) is 5.08. The third kappa shape index (κ3) is 5.14. The Kier molecular flexibility index (Phi) is 4.89. The lowest BCUT2D eigenvalue weighted by Crippen LogP contribution is -2.35. The SMILES string of the molecule is CN(CCCO)c1nnc(CNC(C)(C)C)o1. The van der Waals surface area contributed by atoms with Gasteiger partial charge in [0.1, 0.15) is 0 Å². The standard InChI is InChI=1S/C11H22N4O2/c1-11(2,3)12-8-9-13-14-10(17-9)15(4)6-5-7-16/h12,16H,5-8H2,1-4H3. The molecule has 1 heterocycles. The Bertz CT molecular complexity index is 332. The van der Waals surface area contributed by atoms with Gasteiger partial charge in [-0.15, -0.1) is 5.10 Å². The number of aromatic nitrogens is 2. The van der Waals surface area contributed by atoms with Crippen LogP contribution >= 0.6 is 0 Å². The van der Waals surface area contributed by atoms with Crippen molar-refractivity contribution in [1.82, 2.24) is 15.5 Å². The number of rotatable bonds is 6. The molecule has 0 fully saturated rings. The van der Waals surface area contributed by atoms with Gasteiger partial charge >= 0.3 is 6.01 Å². The number of anilines is 1. The highest BCUT2D eigenvalue weighted by Crippen LogP contribution is 2.11. The predicted octanol–water partition coefficient (Wildman–Crippen LogP) is 0.776. The van der Waals surface area contributed by atoms with Crippen molar-refractivity contribution >= 4 is 6.01 Å². The minimum Gasteiger partial charge on any atom is -0.407 e. The van der Waals surface area contributed by atoms with Crippen LogP contribution in [0.2, 0.25) is 0 Å². The average molecular weight is 242 g/mol. The Morgan fingerprint density at radius 3 is 2.65 bits per heavy atom. The van der Waals surface area contributed by atoms with Crippen LogP contribution in [-0.4, -0.2) is 41.0 Å². The first-order valence-corrected chi connectivity index (χ1v) is 5.82. The molecule has 17 heavy (non-hydrogen) atoms. The summed E-state index contributed by atoms with van der Waals surface area (Å²) in [7, 11) is 1.87. The average Bonchev–Trinajstić information content (AvgIpc) is 2.70. The van der Waals surface area contributed by atoms with Gasteiger partial charge in [-0.25, -0.2) is 0 Å². The Hall–Kier alpha value is -1.14. The molecule has 6 nitrogen and oxygen atoms in total. The van der Waals surface area contributed by atoms with Gasteiger partial charge in [0.05, 0.1) is 6.54 Å². The fraction of sp³-hybridized carbons (Fsp3) is 0.818. The van der Waals surface area contributed by atoms with E-state index < -0.39 is 0 Å². The first kappa shape index (κ1) is 13.9. The summed E-state index contributed by atoms with van der Waals surface area (Å²) < 4.78 is 5.50. The van der Waals surface area contributed by atoms with Gasteiger partial charge in [0, 0.05) is 25.7 Å². The van der Waals surface area contributed by atoms with Crippen molar-refractivity contribution in [3.63, 3.8) is 0 Å². The summed E-state index contributed by atoms with van der Waals surface area (Å²) in [5.74, 6) is 0.575. The third-order valence-electron chi connectivity index (χ3n) is 2.20. The van der Waals surface area contributed by atoms with Gasteiger partial charge in [0.25, 0.3) is 0 Å². The van der Waals surface area contributed by atoms with E-state index in [0.29, 0.717) is 31.4 Å². The van der Waals surface area contributed by atoms with E-state index in [1.165, 1.54) is 0 Å². The van der Waals surface area contributed by atoms with Gasteiger partial charge in [-0.1, -0.05) is 5.10 Å².